The number of carbonyl (C=O) groups is 1. The van der Waals surface area contributed by atoms with Gasteiger partial charge >= 0.3 is 5.97 Å². The molecule has 0 aliphatic heterocycles. The van der Waals surface area contributed by atoms with Crippen molar-refractivity contribution in [1.82, 2.24) is 0 Å². The van der Waals surface area contributed by atoms with Crippen LogP contribution >= 0.6 is 0 Å². The molecule has 5 heteroatoms. The molecule has 0 radical (unpaired) electrons. The first kappa shape index (κ1) is 20.4. The van der Waals surface area contributed by atoms with Gasteiger partial charge in [0, 0.05) is 0 Å². The summed E-state index contributed by atoms with van der Waals surface area (Å²) in [4.78, 5) is 11.3. The Hall–Kier alpha value is -3.86. The standard InChI is InChI=1S/C26H21FO4/c1-16-23(22-11-6-18(27)14-25(22)24(16)15-26(28)29)13-17-4-3-5-21(12-17)31-20-9-7-19(30-2)8-10-20/h3-14H,15H2,1-2H3,(H,28,29)/b23-13-. The number of carboxylic acids is 1. The van der Waals surface area contributed by atoms with Gasteiger partial charge in [-0.3, -0.25) is 4.79 Å². The second-order valence-corrected chi connectivity index (χ2v) is 7.27. The van der Waals surface area contributed by atoms with Gasteiger partial charge in [-0.05, 0) is 94.9 Å². The fourth-order valence-corrected chi connectivity index (χ4v) is 3.75. The molecule has 0 saturated heterocycles. The van der Waals surface area contributed by atoms with Crippen molar-refractivity contribution in [3.8, 4) is 17.2 Å². The number of allylic oxidation sites excluding steroid dienone is 2. The van der Waals surface area contributed by atoms with Crippen LogP contribution in [0, 0.1) is 5.82 Å². The summed E-state index contributed by atoms with van der Waals surface area (Å²) in [5, 5.41) is 9.30. The number of methoxy groups -OCH3 is 1. The summed E-state index contributed by atoms with van der Waals surface area (Å²) in [6.07, 6.45) is 1.82. The highest BCUT2D eigenvalue weighted by atomic mass is 19.1. The maximum atomic E-state index is 13.8. The normalized spacial score (nSPS) is 14.0. The Morgan fingerprint density at radius 1 is 0.968 bits per heavy atom. The molecule has 0 saturated carbocycles. The minimum atomic E-state index is -0.944. The largest absolute Gasteiger partial charge is 0.497 e. The lowest BCUT2D eigenvalue weighted by molar-refractivity contribution is -0.135. The summed E-state index contributed by atoms with van der Waals surface area (Å²) >= 11 is 0. The third kappa shape index (κ3) is 4.36. The molecule has 4 nitrogen and oxygen atoms in total. The third-order valence-corrected chi connectivity index (χ3v) is 5.25. The van der Waals surface area contributed by atoms with E-state index in [-0.39, 0.29) is 12.2 Å². The van der Waals surface area contributed by atoms with E-state index in [1.165, 1.54) is 12.1 Å². The third-order valence-electron chi connectivity index (χ3n) is 5.25. The molecule has 4 rings (SSSR count). The van der Waals surface area contributed by atoms with E-state index >= 15 is 0 Å². The maximum Gasteiger partial charge on any atom is 0.307 e. The Morgan fingerprint density at radius 3 is 2.42 bits per heavy atom. The average molecular weight is 416 g/mol. The predicted octanol–water partition coefficient (Wildman–Crippen LogP) is 6.43. The van der Waals surface area contributed by atoms with Gasteiger partial charge in [0.05, 0.1) is 13.5 Å². The summed E-state index contributed by atoms with van der Waals surface area (Å²) in [5.41, 5.74) is 4.72. The van der Waals surface area contributed by atoms with E-state index in [1.807, 2.05) is 61.5 Å². The number of benzene rings is 3. The van der Waals surface area contributed by atoms with Crippen LogP contribution in [-0.2, 0) is 4.79 Å². The van der Waals surface area contributed by atoms with Crippen molar-refractivity contribution >= 4 is 23.2 Å². The monoisotopic (exact) mass is 416 g/mol. The number of halogens is 1. The second-order valence-electron chi connectivity index (χ2n) is 7.27. The highest BCUT2D eigenvalue weighted by Crippen LogP contribution is 2.44. The van der Waals surface area contributed by atoms with Crippen LogP contribution in [0.2, 0.25) is 0 Å². The Morgan fingerprint density at radius 2 is 1.71 bits per heavy atom. The van der Waals surface area contributed by atoms with Crippen molar-refractivity contribution in [3.63, 3.8) is 0 Å². The minimum Gasteiger partial charge on any atom is -0.497 e. The molecular formula is C26H21FO4. The Kier molecular flexibility index (Phi) is 5.58. The fraction of sp³-hybridized carbons (Fsp3) is 0.115. The van der Waals surface area contributed by atoms with E-state index in [0.29, 0.717) is 22.6 Å². The highest BCUT2D eigenvalue weighted by molar-refractivity contribution is 6.07. The van der Waals surface area contributed by atoms with Gasteiger partial charge in [0.1, 0.15) is 23.1 Å². The molecule has 1 N–H and O–H groups in total. The second kappa shape index (κ2) is 8.48. The summed E-state index contributed by atoms with van der Waals surface area (Å²) in [6.45, 7) is 1.87. The van der Waals surface area contributed by atoms with Crippen molar-refractivity contribution in [2.45, 2.75) is 13.3 Å². The number of carboxylic acid groups (broad SMARTS) is 1. The van der Waals surface area contributed by atoms with Gasteiger partial charge in [-0.1, -0.05) is 18.2 Å². The Bertz CT molecular complexity index is 1210. The van der Waals surface area contributed by atoms with E-state index in [1.54, 1.807) is 13.2 Å². The van der Waals surface area contributed by atoms with Crippen LogP contribution in [0.4, 0.5) is 4.39 Å². The van der Waals surface area contributed by atoms with E-state index in [9.17, 15) is 14.3 Å². The van der Waals surface area contributed by atoms with Crippen molar-refractivity contribution in [2.24, 2.45) is 0 Å². The molecule has 0 heterocycles. The minimum absolute atomic E-state index is 0.153. The zero-order valence-electron chi connectivity index (χ0n) is 17.2. The van der Waals surface area contributed by atoms with E-state index in [0.717, 1.165) is 28.0 Å². The molecule has 0 spiro atoms. The van der Waals surface area contributed by atoms with Crippen LogP contribution in [-0.4, -0.2) is 18.2 Å². The molecule has 0 bridgehead atoms. The Balaban J connectivity index is 1.68. The molecule has 1 aliphatic carbocycles. The fourth-order valence-electron chi connectivity index (χ4n) is 3.75. The summed E-state index contributed by atoms with van der Waals surface area (Å²) < 4.78 is 25.0. The molecule has 0 fully saturated rings. The highest BCUT2D eigenvalue weighted by Gasteiger charge is 2.25. The van der Waals surface area contributed by atoms with E-state index in [2.05, 4.69) is 0 Å². The van der Waals surface area contributed by atoms with Gasteiger partial charge in [0.25, 0.3) is 0 Å². The van der Waals surface area contributed by atoms with Crippen LogP contribution in [0.5, 0.6) is 17.2 Å². The molecule has 0 atom stereocenters. The van der Waals surface area contributed by atoms with Crippen LogP contribution in [0.3, 0.4) is 0 Å². The molecule has 0 amide bonds. The number of hydrogen-bond donors (Lipinski definition) is 1. The molecular weight excluding hydrogens is 395 g/mol. The SMILES string of the molecule is COc1ccc(Oc2cccc(/C=C3/C(C)=C(CC(=O)O)c4cc(F)ccc43)c2)cc1. The molecule has 1 aliphatic rings. The van der Waals surface area contributed by atoms with Crippen LogP contribution in [0.25, 0.3) is 17.2 Å². The van der Waals surface area contributed by atoms with Gasteiger partial charge in [-0.2, -0.15) is 0 Å². The first-order valence-corrected chi connectivity index (χ1v) is 9.80. The van der Waals surface area contributed by atoms with E-state index in [4.69, 9.17) is 9.47 Å². The predicted molar refractivity (Wildman–Crippen MR) is 119 cm³/mol. The van der Waals surface area contributed by atoms with Crippen molar-refractivity contribution in [1.29, 1.82) is 0 Å². The van der Waals surface area contributed by atoms with Gasteiger partial charge in [0.2, 0.25) is 0 Å². The van der Waals surface area contributed by atoms with Gasteiger partial charge in [-0.15, -0.1) is 0 Å². The lowest BCUT2D eigenvalue weighted by Crippen LogP contribution is -1.97. The van der Waals surface area contributed by atoms with Crippen molar-refractivity contribution in [3.05, 3.63) is 94.8 Å². The smallest absolute Gasteiger partial charge is 0.307 e. The first-order valence-electron chi connectivity index (χ1n) is 9.80. The summed E-state index contributed by atoms with van der Waals surface area (Å²) in [6, 6.07) is 19.4. The molecule has 0 aromatic heterocycles. The first-order chi connectivity index (χ1) is 14.9. The van der Waals surface area contributed by atoms with Gasteiger partial charge in [-0.25, -0.2) is 4.39 Å². The number of hydrogen-bond acceptors (Lipinski definition) is 3. The van der Waals surface area contributed by atoms with Crippen LogP contribution < -0.4 is 9.47 Å². The van der Waals surface area contributed by atoms with Crippen LogP contribution in [0.1, 0.15) is 30.0 Å². The number of aliphatic carboxylic acids is 1. The summed E-state index contributed by atoms with van der Waals surface area (Å²) in [7, 11) is 1.61. The lowest BCUT2D eigenvalue weighted by Gasteiger charge is -2.08. The molecule has 156 valence electrons. The zero-order valence-corrected chi connectivity index (χ0v) is 17.2. The number of ether oxygens (including phenoxy) is 2. The Labute approximate surface area is 179 Å². The topological polar surface area (TPSA) is 55.8 Å². The van der Waals surface area contributed by atoms with Gasteiger partial charge in [0.15, 0.2) is 0 Å². The van der Waals surface area contributed by atoms with Crippen molar-refractivity contribution in [2.75, 3.05) is 7.11 Å². The number of rotatable bonds is 6. The van der Waals surface area contributed by atoms with Crippen LogP contribution in [0.15, 0.2) is 72.3 Å². The lowest BCUT2D eigenvalue weighted by atomic mass is 10.0. The van der Waals surface area contributed by atoms with Crippen molar-refractivity contribution < 1.29 is 23.8 Å². The molecule has 3 aromatic rings. The number of fused-ring (bicyclic) bond motifs is 1. The van der Waals surface area contributed by atoms with E-state index < -0.39 is 5.97 Å². The summed E-state index contributed by atoms with van der Waals surface area (Å²) in [5.74, 6) is 0.782. The average Bonchev–Trinajstić information content (AvgIpc) is 2.99. The molecule has 3 aromatic carbocycles. The maximum absolute atomic E-state index is 13.8. The molecule has 0 unspecified atom stereocenters. The van der Waals surface area contributed by atoms with Gasteiger partial charge < -0.3 is 14.6 Å². The zero-order chi connectivity index (χ0) is 22.0. The quantitative estimate of drug-likeness (QED) is 0.503. The molecule has 31 heavy (non-hydrogen) atoms.